The van der Waals surface area contributed by atoms with E-state index in [9.17, 15) is 0 Å². The number of ether oxygens (including phenoxy) is 1. The van der Waals surface area contributed by atoms with Gasteiger partial charge in [0.2, 0.25) is 0 Å². The molecule has 4 nitrogen and oxygen atoms in total. The van der Waals surface area contributed by atoms with E-state index in [-0.39, 0.29) is 0 Å². The highest BCUT2D eigenvalue weighted by molar-refractivity contribution is 5.92. The molecule has 0 atom stereocenters. The highest BCUT2D eigenvalue weighted by Gasteiger charge is 1.97. The second-order valence-electron chi connectivity index (χ2n) is 4.11. The first-order valence-electron chi connectivity index (χ1n) is 5.76. The number of anilines is 1. The maximum Gasteiger partial charge on any atom is 0.193 e. The summed E-state index contributed by atoms with van der Waals surface area (Å²) in [4.78, 5) is 4.22. The van der Waals surface area contributed by atoms with Crippen LogP contribution in [0.1, 0.15) is 17.5 Å². The average Bonchev–Trinajstić information content (AvgIpc) is 2.23. The molecule has 0 aliphatic rings. The molecule has 0 heterocycles. The molecule has 0 bridgehead atoms. The molecule has 1 aromatic rings. The third-order valence-corrected chi connectivity index (χ3v) is 2.28. The minimum atomic E-state index is 0.450. The van der Waals surface area contributed by atoms with Crippen molar-refractivity contribution < 1.29 is 4.74 Å². The maximum absolute atomic E-state index is 5.79. The highest BCUT2D eigenvalue weighted by atomic mass is 16.5. The summed E-state index contributed by atoms with van der Waals surface area (Å²) in [6.45, 7) is 5.51. The second-order valence-corrected chi connectivity index (χ2v) is 4.11. The van der Waals surface area contributed by atoms with Crippen molar-refractivity contribution in [1.82, 2.24) is 0 Å². The smallest absolute Gasteiger partial charge is 0.193 e. The van der Waals surface area contributed by atoms with Gasteiger partial charge < -0.3 is 15.8 Å². The van der Waals surface area contributed by atoms with Crippen LogP contribution in [0, 0.1) is 13.8 Å². The SMILES string of the molecule is COCCCN=C(N)Nc1cc(C)cc(C)c1. The molecule has 1 rings (SSSR count). The van der Waals surface area contributed by atoms with Gasteiger partial charge in [0, 0.05) is 25.9 Å². The summed E-state index contributed by atoms with van der Waals surface area (Å²) in [5, 5.41) is 3.09. The Morgan fingerprint density at radius 2 is 1.94 bits per heavy atom. The standard InChI is InChI=1S/C13H21N3O/c1-10-7-11(2)9-12(8-10)16-13(14)15-5-4-6-17-3/h7-9H,4-6H2,1-3H3,(H3,14,15,16). The lowest BCUT2D eigenvalue weighted by Crippen LogP contribution is -2.23. The Labute approximate surface area is 103 Å². The zero-order valence-corrected chi connectivity index (χ0v) is 10.8. The number of rotatable bonds is 5. The minimum absolute atomic E-state index is 0.450. The van der Waals surface area contributed by atoms with Crippen LogP contribution in [-0.2, 0) is 4.74 Å². The van der Waals surface area contributed by atoms with E-state index in [1.165, 1.54) is 11.1 Å². The number of aliphatic imine (C=N–C) groups is 1. The van der Waals surface area contributed by atoms with E-state index in [0.717, 1.165) is 12.1 Å². The minimum Gasteiger partial charge on any atom is -0.385 e. The summed E-state index contributed by atoms with van der Waals surface area (Å²) >= 11 is 0. The number of aryl methyl sites for hydroxylation is 2. The quantitative estimate of drug-likeness (QED) is 0.466. The fourth-order valence-corrected chi connectivity index (χ4v) is 1.64. The number of nitrogens with one attached hydrogen (secondary N) is 1. The van der Waals surface area contributed by atoms with E-state index in [4.69, 9.17) is 10.5 Å². The third kappa shape index (κ3) is 5.36. The normalized spacial score (nSPS) is 11.6. The average molecular weight is 235 g/mol. The van der Waals surface area contributed by atoms with Gasteiger partial charge in [-0.05, 0) is 43.5 Å². The molecule has 0 spiro atoms. The van der Waals surface area contributed by atoms with Gasteiger partial charge in [-0.25, -0.2) is 0 Å². The fourth-order valence-electron chi connectivity index (χ4n) is 1.64. The maximum atomic E-state index is 5.79. The number of hydrogen-bond acceptors (Lipinski definition) is 2. The number of nitrogens with two attached hydrogens (primary N) is 1. The second kappa shape index (κ2) is 6.91. The molecule has 1 aromatic carbocycles. The van der Waals surface area contributed by atoms with Gasteiger partial charge in [-0.3, -0.25) is 4.99 Å². The molecule has 0 unspecified atom stereocenters. The predicted molar refractivity (Wildman–Crippen MR) is 72.5 cm³/mol. The molecule has 94 valence electrons. The molecule has 0 aliphatic carbocycles. The number of guanidine groups is 1. The van der Waals surface area contributed by atoms with E-state index < -0.39 is 0 Å². The Morgan fingerprint density at radius 1 is 1.29 bits per heavy atom. The Balaban J connectivity index is 2.52. The van der Waals surface area contributed by atoms with Crippen molar-refractivity contribution >= 4 is 11.6 Å². The summed E-state index contributed by atoms with van der Waals surface area (Å²) in [7, 11) is 1.68. The van der Waals surface area contributed by atoms with Crippen molar-refractivity contribution in [3.8, 4) is 0 Å². The van der Waals surface area contributed by atoms with Gasteiger partial charge in [0.1, 0.15) is 0 Å². The molecule has 0 saturated heterocycles. The Hall–Kier alpha value is -1.55. The molecular weight excluding hydrogens is 214 g/mol. The molecule has 0 saturated carbocycles. The molecule has 0 aromatic heterocycles. The van der Waals surface area contributed by atoms with Crippen molar-refractivity contribution in [1.29, 1.82) is 0 Å². The monoisotopic (exact) mass is 235 g/mol. The fraction of sp³-hybridized carbons (Fsp3) is 0.462. The summed E-state index contributed by atoms with van der Waals surface area (Å²) in [5.41, 5.74) is 9.18. The number of benzene rings is 1. The van der Waals surface area contributed by atoms with Crippen LogP contribution in [0.15, 0.2) is 23.2 Å². The Kier molecular flexibility index (Phi) is 5.49. The van der Waals surface area contributed by atoms with E-state index in [1.54, 1.807) is 7.11 Å². The molecular formula is C13H21N3O. The predicted octanol–water partition coefficient (Wildman–Crippen LogP) is 2.07. The summed E-state index contributed by atoms with van der Waals surface area (Å²) < 4.78 is 4.94. The van der Waals surface area contributed by atoms with Crippen LogP contribution in [-0.4, -0.2) is 26.2 Å². The van der Waals surface area contributed by atoms with Crippen molar-refractivity contribution in [3.05, 3.63) is 29.3 Å². The first-order valence-corrected chi connectivity index (χ1v) is 5.76. The topological polar surface area (TPSA) is 59.6 Å². The third-order valence-electron chi connectivity index (χ3n) is 2.28. The number of nitrogens with zero attached hydrogens (tertiary/aromatic N) is 1. The van der Waals surface area contributed by atoms with Crippen LogP contribution in [0.5, 0.6) is 0 Å². The van der Waals surface area contributed by atoms with E-state index >= 15 is 0 Å². The molecule has 3 N–H and O–H groups in total. The molecule has 0 radical (unpaired) electrons. The van der Waals surface area contributed by atoms with Crippen molar-refractivity contribution in [2.75, 3.05) is 25.6 Å². The number of methoxy groups -OCH3 is 1. The van der Waals surface area contributed by atoms with Gasteiger partial charge in [-0.1, -0.05) is 6.07 Å². The lowest BCUT2D eigenvalue weighted by atomic mass is 10.1. The zero-order chi connectivity index (χ0) is 12.7. The molecule has 0 amide bonds. The van der Waals surface area contributed by atoms with Crippen LogP contribution < -0.4 is 11.1 Å². The van der Waals surface area contributed by atoms with Crippen molar-refractivity contribution in [3.63, 3.8) is 0 Å². The van der Waals surface area contributed by atoms with E-state index in [0.29, 0.717) is 19.1 Å². The highest BCUT2D eigenvalue weighted by Crippen LogP contribution is 2.13. The van der Waals surface area contributed by atoms with Crippen LogP contribution in [0.4, 0.5) is 5.69 Å². The van der Waals surface area contributed by atoms with Crippen LogP contribution >= 0.6 is 0 Å². The van der Waals surface area contributed by atoms with Gasteiger partial charge in [0.25, 0.3) is 0 Å². The molecule has 0 aliphatic heterocycles. The van der Waals surface area contributed by atoms with Crippen LogP contribution in [0.2, 0.25) is 0 Å². The first-order chi connectivity index (χ1) is 8.11. The van der Waals surface area contributed by atoms with Gasteiger partial charge in [-0.15, -0.1) is 0 Å². The lowest BCUT2D eigenvalue weighted by molar-refractivity contribution is 0.197. The first kappa shape index (κ1) is 13.5. The lowest BCUT2D eigenvalue weighted by Gasteiger charge is -2.07. The van der Waals surface area contributed by atoms with Gasteiger partial charge >= 0.3 is 0 Å². The van der Waals surface area contributed by atoms with E-state index in [1.807, 2.05) is 12.1 Å². The van der Waals surface area contributed by atoms with Gasteiger partial charge in [0.15, 0.2) is 5.96 Å². The van der Waals surface area contributed by atoms with Crippen LogP contribution in [0.3, 0.4) is 0 Å². The largest absolute Gasteiger partial charge is 0.385 e. The Morgan fingerprint density at radius 3 is 2.53 bits per heavy atom. The molecule has 17 heavy (non-hydrogen) atoms. The van der Waals surface area contributed by atoms with Gasteiger partial charge in [0.05, 0.1) is 0 Å². The summed E-state index contributed by atoms with van der Waals surface area (Å²) in [6.07, 6.45) is 0.881. The molecule has 0 fully saturated rings. The zero-order valence-electron chi connectivity index (χ0n) is 10.8. The van der Waals surface area contributed by atoms with Gasteiger partial charge in [-0.2, -0.15) is 0 Å². The van der Waals surface area contributed by atoms with E-state index in [2.05, 4.69) is 30.2 Å². The van der Waals surface area contributed by atoms with Crippen LogP contribution in [0.25, 0.3) is 0 Å². The Bertz CT molecular complexity index is 368. The number of hydrogen-bond donors (Lipinski definition) is 2. The van der Waals surface area contributed by atoms with Crippen molar-refractivity contribution in [2.45, 2.75) is 20.3 Å². The van der Waals surface area contributed by atoms with Crippen molar-refractivity contribution in [2.24, 2.45) is 10.7 Å². The summed E-state index contributed by atoms with van der Waals surface area (Å²) in [5.74, 6) is 0.450. The summed E-state index contributed by atoms with van der Waals surface area (Å²) in [6, 6.07) is 6.21. The molecule has 4 heteroatoms.